The molecule has 1 heterocycles. The number of anilines is 1. The van der Waals surface area contributed by atoms with Gasteiger partial charge in [-0.05, 0) is 31.5 Å². The second-order valence-electron chi connectivity index (χ2n) is 4.94. The fourth-order valence-corrected chi connectivity index (χ4v) is 3.12. The molecule has 2 amide bonds. The number of carbonyl (C=O) groups is 1. The molecule has 2 N–H and O–H groups in total. The van der Waals surface area contributed by atoms with Gasteiger partial charge in [-0.1, -0.05) is 6.07 Å². The summed E-state index contributed by atoms with van der Waals surface area (Å²) in [6.07, 6.45) is 2.81. The topological polar surface area (TPSA) is 88.2 Å². The molecule has 2 aromatic rings. The Morgan fingerprint density at radius 1 is 1.36 bits per heavy atom. The van der Waals surface area contributed by atoms with Crippen LogP contribution in [0.25, 0.3) is 0 Å². The van der Waals surface area contributed by atoms with Crippen LogP contribution in [0.1, 0.15) is 23.5 Å². The highest BCUT2D eigenvalue weighted by molar-refractivity contribution is 7.90. The average Bonchev–Trinajstić information content (AvgIpc) is 2.94. The normalized spacial score (nSPS) is 12.7. The number of urea groups is 1. The van der Waals surface area contributed by atoms with Crippen LogP contribution < -0.4 is 10.6 Å². The Kier molecular flexibility index (Phi) is 4.82. The number of carbonyl (C=O) groups excluding carboxylic acids is 1. The van der Waals surface area contributed by atoms with Crippen molar-refractivity contribution in [3.63, 3.8) is 0 Å². The van der Waals surface area contributed by atoms with E-state index in [0.29, 0.717) is 5.69 Å². The molecule has 0 saturated heterocycles. The van der Waals surface area contributed by atoms with Crippen LogP contribution in [0.15, 0.2) is 34.7 Å². The molecule has 118 valence electrons. The quantitative estimate of drug-likeness (QED) is 0.896. The van der Waals surface area contributed by atoms with E-state index in [0.717, 1.165) is 16.8 Å². The molecule has 8 heteroatoms. The minimum absolute atomic E-state index is 0.168. The van der Waals surface area contributed by atoms with E-state index in [4.69, 9.17) is 0 Å². The van der Waals surface area contributed by atoms with Gasteiger partial charge in [-0.3, -0.25) is 0 Å². The third-order valence-corrected chi connectivity index (χ3v) is 5.12. The number of sulfone groups is 1. The van der Waals surface area contributed by atoms with Crippen LogP contribution in [0.3, 0.4) is 0 Å². The van der Waals surface area contributed by atoms with E-state index in [1.807, 2.05) is 12.3 Å². The van der Waals surface area contributed by atoms with Gasteiger partial charge in [-0.15, -0.1) is 11.3 Å². The predicted molar refractivity (Wildman–Crippen MR) is 87.0 cm³/mol. The fourth-order valence-electron chi connectivity index (χ4n) is 1.83. The van der Waals surface area contributed by atoms with Gasteiger partial charge in [0.15, 0.2) is 9.84 Å². The van der Waals surface area contributed by atoms with Gasteiger partial charge in [-0.25, -0.2) is 18.2 Å². The van der Waals surface area contributed by atoms with Gasteiger partial charge in [-0.2, -0.15) is 0 Å². The minimum Gasteiger partial charge on any atom is -0.329 e. The smallest absolute Gasteiger partial charge is 0.319 e. The molecule has 0 fully saturated rings. The summed E-state index contributed by atoms with van der Waals surface area (Å²) in [7, 11) is -3.32. The van der Waals surface area contributed by atoms with Crippen LogP contribution in [0, 0.1) is 6.92 Å². The van der Waals surface area contributed by atoms with Crippen molar-refractivity contribution in [3.8, 4) is 0 Å². The summed E-state index contributed by atoms with van der Waals surface area (Å²) in [4.78, 5) is 16.3. The van der Waals surface area contributed by atoms with E-state index in [9.17, 15) is 13.2 Å². The summed E-state index contributed by atoms with van der Waals surface area (Å²) in [5.41, 5.74) is 1.25. The number of amides is 2. The molecule has 0 spiro atoms. The highest BCUT2D eigenvalue weighted by Crippen LogP contribution is 2.21. The summed E-state index contributed by atoms with van der Waals surface area (Å²) in [6.45, 7) is 3.63. The number of hydrogen-bond acceptors (Lipinski definition) is 5. The highest BCUT2D eigenvalue weighted by Gasteiger charge is 2.14. The van der Waals surface area contributed by atoms with Crippen molar-refractivity contribution in [1.82, 2.24) is 10.3 Å². The molecule has 1 aromatic heterocycles. The van der Waals surface area contributed by atoms with Crippen molar-refractivity contribution in [3.05, 3.63) is 40.3 Å². The van der Waals surface area contributed by atoms with Crippen molar-refractivity contribution in [2.24, 2.45) is 0 Å². The van der Waals surface area contributed by atoms with Crippen molar-refractivity contribution in [1.29, 1.82) is 0 Å². The average molecular weight is 339 g/mol. The van der Waals surface area contributed by atoms with Crippen molar-refractivity contribution < 1.29 is 13.2 Å². The van der Waals surface area contributed by atoms with Crippen molar-refractivity contribution in [2.75, 3.05) is 11.6 Å². The molecule has 1 aromatic carbocycles. The zero-order valence-corrected chi connectivity index (χ0v) is 14.1. The maximum absolute atomic E-state index is 12.0. The van der Waals surface area contributed by atoms with Gasteiger partial charge >= 0.3 is 6.03 Å². The van der Waals surface area contributed by atoms with E-state index in [2.05, 4.69) is 15.6 Å². The number of thiazole rings is 1. The molecule has 0 saturated carbocycles. The monoisotopic (exact) mass is 339 g/mol. The number of nitrogens with one attached hydrogen (secondary N) is 2. The lowest BCUT2D eigenvalue weighted by atomic mass is 10.2. The van der Waals surface area contributed by atoms with E-state index < -0.39 is 15.9 Å². The van der Waals surface area contributed by atoms with Gasteiger partial charge in [0.25, 0.3) is 0 Å². The van der Waals surface area contributed by atoms with Crippen LogP contribution in [-0.2, 0) is 9.84 Å². The van der Waals surface area contributed by atoms with Crippen LogP contribution in [0.5, 0.6) is 0 Å². The van der Waals surface area contributed by atoms with Crippen LogP contribution in [0.2, 0.25) is 0 Å². The van der Waals surface area contributed by atoms with Gasteiger partial charge in [0.2, 0.25) is 0 Å². The number of aromatic nitrogens is 1. The first kappa shape index (κ1) is 16.4. The van der Waals surface area contributed by atoms with Gasteiger partial charge in [0.05, 0.1) is 10.9 Å². The Bertz CT molecular complexity index is 771. The summed E-state index contributed by atoms with van der Waals surface area (Å²) in [6, 6.07) is 4.01. The van der Waals surface area contributed by atoms with Crippen LogP contribution in [-0.4, -0.2) is 25.7 Å². The third-order valence-electron chi connectivity index (χ3n) is 3.05. The first-order valence-electron chi connectivity index (χ1n) is 6.55. The van der Waals surface area contributed by atoms with Gasteiger partial charge < -0.3 is 10.6 Å². The minimum atomic E-state index is -3.32. The molecule has 2 rings (SSSR count). The summed E-state index contributed by atoms with van der Waals surface area (Å²) in [5.74, 6) is 0. The molecule has 0 bridgehead atoms. The van der Waals surface area contributed by atoms with E-state index in [1.165, 1.54) is 23.5 Å². The molecule has 0 aliphatic rings. The standard InChI is InChI=1S/C14H17N3O3S2/c1-9-4-5-11(22(3,19)20)8-12(9)17-14(18)16-10(2)13-15-6-7-21-13/h4-8,10H,1-3H3,(H2,16,17,18)/t10-/m1/s1. The summed E-state index contributed by atoms with van der Waals surface area (Å²) >= 11 is 1.46. The number of nitrogens with zero attached hydrogens (tertiary/aromatic N) is 1. The highest BCUT2D eigenvalue weighted by atomic mass is 32.2. The van der Waals surface area contributed by atoms with Gasteiger partial charge in [0.1, 0.15) is 5.01 Å². The van der Waals surface area contributed by atoms with E-state index in [-0.39, 0.29) is 10.9 Å². The third kappa shape index (κ3) is 4.05. The predicted octanol–water partition coefficient (Wildman–Crippen LogP) is 2.74. The van der Waals surface area contributed by atoms with Crippen LogP contribution >= 0.6 is 11.3 Å². The number of aryl methyl sites for hydroxylation is 1. The van der Waals surface area contributed by atoms with E-state index in [1.54, 1.807) is 19.2 Å². The largest absolute Gasteiger partial charge is 0.329 e. The second-order valence-corrected chi connectivity index (χ2v) is 7.88. The Labute approximate surface area is 133 Å². The van der Waals surface area contributed by atoms with Crippen molar-refractivity contribution >= 4 is 32.9 Å². The molecule has 0 aliphatic carbocycles. The number of rotatable bonds is 4. The molecule has 1 atom stereocenters. The maximum Gasteiger partial charge on any atom is 0.319 e. The number of hydrogen-bond donors (Lipinski definition) is 2. The van der Waals surface area contributed by atoms with Crippen LogP contribution in [0.4, 0.5) is 10.5 Å². The molecule has 22 heavy (non-hydrogen) atoms. The summed E-state index contributed by atoms with van der Waals surface area (Å²) < 4.78 is 23.2. The Morgan fingerprint density at radius 2 is 2.09 bits per heavy atom. The first-order chi connectivity index (χ1) is 10.3. The Morgan fingerprint density at radius 3 is 2.68 bits per heavy atom. The lowest BCUT2D eigenvalue weighted by Crippen LogP contribution is -2.31. The second kappa shape index (κ2) is 6.45. The maximum atomic E-state index is 12.0. The fraction of sp³-hybridized carbons (Fsp3) is 0.286. The zero-order chi connectivity index (χ0) is 16.3. The molecular weight excluding hydrogens is 322 g/mol. The van der Waals surface area contributed by atoms with Crippen molar-refractivity contribution in [2.45, 2.75) is 24.8 Å². The van der Waals surface area contributed by atoms with Gasteiger partial charge in [0, 0.05) is 23.5 Å². The molecule has 0 aliphatic heterocycles. The molecular formula is C14H17N3O3S2. The number of benzene rings is 1. The lowest BCUT2D eigenvalue weighted by molar-refractivity contribution is 0.249. The molecule has 6 nitrogen and oxygen atoms in total. The SMILES string of the molecule is Cc1ccc(S(C)(=O)=O)cc1NC(=O)N[C@H](C)c1nccs1. The zero-order valence-electron chi connectivity index (χ0n) is 12.5. The molecule has 0 unspecified atom stereocenters. The Hall–Kier alpha value is -1.93. The lowest BCUT2D eigenvalue weighted by Gasteiger charge is -2.14. The Balaban J connectivity index is 2.11. The first-order valence-corrected chi connectivity index (χ1v) is 9.32. The summed E-state index contributed by atoms with van der Waals surface area (Å²) in [5, 5.41) is 8.08. The molecule has 0 radical (unpaired) electrons. The van der Waals surface area contributed by atoms with E-state index >= 15 is 0 Å².